The lowest BCUT2D eigenvalue weighted by Gasteiger charge is -2.22. The molecule has 5 heteroatoms. The first-order valence-corrected chi connectivity index (χ1v) is 6.06. The number of nitrogens with zero attached hydrogens (tertiary/aromatic N) is 2. The van der Waals surface area contributed by atoms with Crippen LogP contribution in [-0.2, 0) is 0 Å². The summed E-state index contributed by atoms with van der Waals surface area (Å²) in [5.41, 5.74) is 0. The van der Waals surface area contributed by atoms with Gasteiger partial charge in [-0.2, -0.15) is 0 Å². The molecule has 2 N–H and O–H groups in total. The average molecular weight is 242 g/mol. The minimum Gasteiger partial charge on any atom is -0.391 e. The van der Waals surface area contributed by atoms with Crippen molar-refractivity contribution in [3.63, 3.8) is 0 Å². The minimum atomic E-state index is -0.295. The third-order valence-corrected chi connectivity index (χ3v) is 3.12. The van der Waals surface area contributed by atoms with Gasteiger partial charge in [0.1, 0.15) is 5.82 Å². The zero-order chi connectivity index (χ0) is 11.4. The van der Waals surface area contributed by atoms with Crippen molar-refractivity contribution in [1.82, 2.24) is 9.97 Å². The van der Waals surface area contributed by atoms with E-state index >= 15 is 0 Å². The lowest BCUT2D eigenvalue weighted by Crippen LogP contribution is -2.32. The molecule has 1 fully saturated rings. The summed E-state index contributed by atoms with van der Waals surface area (Å²) in [7, 11) is 0. The molecule has 0 saturated heterocycles. The monoisotopic (exact) mass is 241 g/mol. The Hall–Kier alpha value is -0.870. The average Bonchev–Trinajstić information content (AvgIpc) is 2.45. The van der Waals surface area contributed by atoms with Crippen LogP contribution in [-0.4, -0.2) is 27.2 Å². The van der Waals surface area contributed by atoms with Crippen LogP contribution in [0.5, 0.6) is 0 Å². The van der Waals surface area contributed by atoms with Crippen molar-refractivity contribution >= 4 is 17.4 Å². The van der Waals surface area contributed by atoms with Crippen LogP contribution in [0.3, 0.4) is 0 Å². The summed E-state index contributed by atoms with van der Waals surface area (Å²) < 4.78 is 0. The Labute approximate surface area is 100 Å². The summed E-state index contributed by atoms with van der Waals surface area (Å²) in [6, 6.07) is 1.84. The molecule has 0 amide bonds. The maximum atomic E-state index is 9.94. The second-order valence-corrected chi connectivity index (χ2v) is 4.51. The highest BCUT2D eigenvalue weighted by atomic mass is 35.5. The number of hydrogen-bond acceptors (Lipinski definition) is 4. The third-order valence-electron chi connectivity index (χ3n) is 2.94. The van der Waals surface area contributed by atoms with Gasteiger partial charge in [-0.3, -0.25) is 0 Å². The van der Waals surface area contributed by atoms with Gasteiger partial charge in [0.05, 0.1) is 12.1 Å². The van der Waals surface area contributed by atoms with Crippen LogP contribution in [0.15, 0.2) is 12.3 Å². The quantitative estimate of drug-likeness (QED) is 0.616. The van der Waals surface area contributed by atoms with Crippen LogP contribution in [0, 0.1) is 0 Å². The molecule has 16 heavy (non-hydrogen) atoms. The predicted octanol–water partition coefficient (Wildman–Crippen LogP) is 2.24. The van der Waals surface area contributed by atoms with Gasteiger partial charge in [-0.1, -0.05) is 19.3 Å². The van der Waals surface area contributed by atoms with Gasteiger partial charge >= 0.3 is 0 Å². The van der Waals surface area contributed by atoms with Crippen molar-refractivity contribution in [3.8, 4) is 0 Å². The van der Waals surface area contributed by atoms with Crippen LogP contribution < -0.4 is 5.32 Å². The minimum absolute atomic E-state index is 0.0773. The van der Waals surface area contributed by atoms with Crippen molar-refractivity contribution in [2.24, 2.45) is 0 Å². The van der Waals surface area contributed by atoms with E-state index in [-0.39, 0.29) is 17.4 Å². The number of nitrogens with one attached hydrogen (secondary N) is 1. The number of anilines is 1. The molecule has 1 saturated carbocycles. The van der Waals surface area contributed by atoms with Gasteiger partial charge in [0.25, 0.3) is 0 Å². The topological polar surface area (TPSA) is 58.0 Å². The van der Waals surface area contributed by atoms with Crippen molar-refractivity contribution in [3.05, 3.63) is 17.5 Å². The number of aliphatic hydroxyl groups excluding tert-OH is 1. The first-order chi connectivity index (χ1) is 7.75. The van der Waals surface area contributed by atoms with Crippen LogP contribution in [0.4, 0.5) is 5.82 Å². The number of rotatable bonds is 2. The maximum Gasteiger partial charge on any atom is 0.224 e. The van der Waals surface area contributed by atoms with Crippen LogP contribution >= 0.6 is 11.6 Å². The summed E-state index contributed by atoms with van der Waals surface area (Å²) in [6.07, 6.45) is 6.59. The molecule has 0 aliphatic heterocycles. The fourth-order valence-corrected chi connectivity index (χ4v) is 2.21. The van der Waals surface area contributed by atoms with Crippen LogP contribution in [0.2, 0.25) is 5.28 Å². The van der Waals surface area contributed by atoms with Gasteiger partial charge in [-0.05, 0) is 30.5 Å². The molecule has 2 unspecified atom stereocenters. The summed E-state index contributed by atoms with van der Waals surface area (Å²) in [4.78, 5) is 7.89. The largest absolute Gasteiger partial charge is 0.391 e. The number of halogens is 1. The molecule has 88 valence electrons. The van der Waals surface area contributed by atoms with Gasteiger partial charge in [0.2, 0.25) is 5.28 Å². The molecule has 0 radical (unpaired) electrons. The molecule has 1 heterocycles. The highest BCUT2D eigenvalue weighted by Gasteiger charge is 2.21. The number of aromatic nitrogens is 2. The SMILES string of the molecule is OC1CCCCCC1Nc1ccnc(Cl)n1. The molecule has 1 aromatic rings. The molecule has 1 aliphatic carbocycles. The maximum absolute atomic E-state index is 9.94. The molecule has 1 aromatic heterocycles. The lowest BCUT2D eigenvalue weighted by atomic mass is 10.1. The Morgan fingerprint density at radius 3 is 2.94 bits per heavy atom. The second kappa shape index (κ2) is 5.46. The normalized spacial score (nSPS) is 26.1. The number of aliphatic hydroxyl groups is 1. The molecule has 0 bridgehead atoms. The van der Waals surface area contributed by atoms with Crippen molar-refractivity contribution in [2.75, 3.05) is 5.32 Å². The highest BCUT2D eigenvalue weighted by molar-refractivity contribution is 6.28. The van der Waals surface area contributed by atoms with E-state index in [1.165, 1.54) is 6.42 Å². The molecule has 2 atom stereocenters. The van der Waals surface area contributed by atoms with Gasteiger partial charge in [-0.25, -0.2) is 9.97 Å². The van der Waals surface area contributed by atoms with Crippen LogP contribution in [0.25, 0.3) is 0 Å². The van der Waals surface area contributed by atoms with Gasteiger partial charge in [0, 0.05) is 6.20 Å². The smallest absolute Gasteiger partial charge is 0.224 e. The van der Waals surface area contributed by atoms with Gasteiger partial charge < -0.3 is 10.4 Å². The van der Waals surface area contributed by atoms with E-state index in [1.54, 1.807) is 12.3 Å². The Bertz CT molecular complexity index is 348. The van der Waals surface area contributed by atoms with E-state index in [0.29, 0.717) is 5.82 Å². The summed E-state index contributed by atoms with van der Waals surface area (Å²) >= 11 is 5.71. The first-order valence-electron chi connectivity index (χ1n) is 5.69. The summed E-state index contributed by atoms with van der Waals surface area (Å²) in [5, 5.41) is 13.4. The fraction of sp³-hybridized carbons (Fsp3) is 0.636. The second-order valence-electron chi connectivity index (χ2n) is 4.17. The van der Waals surface area contributed by atoms with Crippen molar-refractivity contribution < 1.29 is 5.11 Å². The van der Waals surface area contributed by atoms with E-state index in [0.717, 1.165) is 25.7 Å². The Morgan fingerprint density at radius 2 is 2.12 bits per heavy atom. The molecule has 4 nitrogen and oxygen atoms in total. The van der Waals surface area contributed by atoms with E-state index < -0.39 is 0 Å². The highest BCUT2D eigenvalue weighted by Crippen LogP contribution is 2.21. The first kappa shape index (κ1) is 11.6. The Balaban J connectivity index is 2.02. The molecule has 1 aliphatic rings. The Morgan fingerprint density at radius 1 is 1.31 bits per heavy atom. The molecular formula is C11H16ClN3O. The van der Waals surface area contributed by atoms with E-state index in [1.807, 2.05) is 0 Å². The zero-order valence-corrected chi connectivity index (χ0v) is 9.82. The standard InChI is InChI=1S/C11H16ClN3O/c12-11-13-7-6-10(15-11)14-8-4-2-1-3-5-9(8)16/h6-9,16H,1-5H2,(H,13,14,15). The van der Waals surface area contributed by atoms with E-state index in [4.69, 9.17) is 11.6 Å². The van der Waals surface area contributed by atoms with Gasteiger partial charge in [-0.15, -0.1) is 0 Å². The predicted molar refractivity (Wildman–Crippen MR) is 63.5 cm³/mol. The lowest BCUT2D eigenvalue weighted by molar-refractivity contribution is 0.144. The zero-order valence-electron chi connectivity index (χ0n) is 9.06. The fourth-order valence-electron chi connectivity index (χ4n) is 2.06. The molecule has 0 aromatic carbocycles. The molecular weight excluding hydrogens is 226 g/mol. The number of hydrogen-bond donors (Lipinski definition) is 2. The van der Waals surface area contributed by atoms with Crippen molar-refractivity contribution in [2.45, 2.75) is 44.2 Å². The Kier molecular flexibility index (Phi) is 3.96. The van der Waals surface area contributed by atoms with E-state index in [9.17, 15) is 5.11 Å². The van der Waals surface area contributed by atoms with Crippen LogP contribution in [0.1, 0.15) is 32.1 Å². The molecule has 0 spiro atoms. The third kappa shape index (κ3) is 3.06. The van der Waals surface area contributed by atoms with E-state index in [2.05, 4.69) is 15.3 Å². The molecule has 2 rings (SSSR count). The summed E-state index contributed by atoms with van der Waals surface area (Å²) in [6.45, 7) is 0. The van der Waals surface area contributed by atoms with Crippen molar-refractivity contribution in [1.29, 1.82) is 0 Å². The summed E-state index contributed by atoms with van der Waals surface area (Å²) in [5.74, 6) is 0.686. The van der Waals surface area contributed by atoms with Gasteiger partial charge in [0.15, 0.2) is 0 Å².